The van der Waals surface area contributed by atoms with Crippen LogP contribution in [0.15, 0.2) is 30.3 Å². The first-order chi connectivity index (χ1) is 12.1. The van der Waals surface area contributed by atoms with Gasteiger partial charge in [0.2, 0.25) is 11.8 Å². The molecule has 25 heavy (non-hydrogen) atoms. The molecule has 0 saturated carbocycles. The molecule has 2 aliphatic rings. The monoisotopic (exact) mass is 337 g/mol. The van der Waals surface area contributed by atoms with Gasteiger partial charge in [-0.3, -0.25) is 19.7 Å². The summed E-state index contributed by atoms with van der Waals surface area (Å²) in [5.74, 6) is -0.475. The van der Waals surface area contributed by atoms with Crippen molar-refractivity contribution in [2.75, 3.05) is 0 Å². The molecule has 6 nitrogen and oxygen atoms in total. The highest BCUT2D eigenvalue weighted by Crippen LogP contribution is 2.30. The lowest BCUT2D eigenvalue weighted by atomic mass is 9.87. The molecule has 1 aliphatic heterocycles. The fourth-order valence-corrected chi connectivity index (χ4v) is 3.80. The summed E-state index contributed by atoms with van der Waals surface area (Å²) in [5, 5.41) is 7.04. The first-order valence-corrected chi connectivity index (χ1v) is 8.64. The molecule has 1 saturated heterocycles. The van der Waals surface area contributed by atoms with E-state index in [1.165, 1.54) is 0 Å². The number of nitrogens with one attached hydrogen (secondary N) is 1. The molecule has 0 unspecified atom stereocenters. The van der Waals surface area contributed by atoms with Crippen LogP contribution in [0.5, 0.6) is 0 Å². The fourth-order valence-electron chi connectivity index (χ4n) is 3.80. The van der Waals surface area contributed by atoms with Crippen molar-refractivity contribution >= 4 is 17.6 Å². The number of hydrogen-bond acceptors (Lipinski definition) is 4. The quantitative estimate of drug-likeness (QED) is 0.869. The summed E-state index contributed by atoms with van der Waals surface area (Å²) in [6.07, 6.45) is 3.25. The third-order valence-electron chi connectivity index (χ3n) is 4.86. The molecule has 2 aromatic rings. The molecular formula is C19H19N3O3. The SMILES string of the molecule is O=C1CC(Cc2nn(-c3ccccc3)c3c2C(=O)CCC3)CC(=O)N1. The Bertz CT molecular complexity index is 838. The zero-order valence-corrected chi connectivity index (χ0v) is 13.8. The zero-order chi connectivity index (χ0) is 17.4. The van der Waals surface area contributed by atoms with Gasteiger partial charge < -0.3 is 0 Å². The van der Waals surface area contributed by atoms with Crippen LogP contribution in [-0.2, 0) is 22.4 Å². The van der Waals surface area contributed by atoms with E-state index in [-0.39, 0.29) is 23.5 Å². The van der Waals surface area contributed by atoms with E-state index in [1.807, 2.05) is 35.0 Å². The number of hydrogen-bond donors (Lipinski definition) is 1. The second-order valence-electron chi connectivity index (χ2n) is 6.74. The maximum atomic E-state index is 12.5. The third kappa shape index (κ3) is 2.99. The van der Waals surface area contributed by atoms with Crippen molar-refractivity contribution in [1.29, 1.82) is 0 Å². The second-order valence-corrected chi connectivity index (χ2v) is 6.74. The maximum absolute atomic E-state index is 12.5. The Morgan fingerprint density at radius 2 is 1.76 bits per heavy atom. The summed E-state index contributed by atoms with van der Waals surface area (Å²) in [6, 6.07) is 9.76. The average molecular weight is 337 g/mol. The molecule has 0 atom stereocenters. The Labute approximate surface area is 145 Å². The highest BCUT2D eigenvalue weighted by atomic mass is 16.2. The highest BCUT2D eigenvalue weighted by molar-refractivity contribution is 6.00. The van der Waals surface area contributed by atoms with Crippen LogP contribution in [0.4, 0.5) is 0 Å². The van der Waals surface area contributed by atoms with Crippen molar-refractivity contribution in [2.24, 2.45) is 5.92 Å². The second kappa shape index (κ2) is 6.27. The van der Waals surface area contributed by atoms with E-state index in [2.05, 4.69) is 5.32 Å². The minimum Gasteiger partial charge on any atom is -0.296 e. The molecule has 1 N–H and O–H groups in total. The first-order valence-electron chi connectivity index (χ1n) is 8.64. The van der Waals surface area contributed by atoms with Crippen molar-refractivity contribution in [3.05, 3.63) is 47.3 Å². The predicted molar refractivity (Wildman–Crippen MR) is 90.4 cm³/mol. The van der Waals surface area contributed by atoms with Crippen LogP contribution < -0.4 is 5.32 Å². The van der Waals surface area contributed by atoms with Crippen molar-refractivity contribution in [3.63, 3.8) is 0 Å². The van der Waals surface area contributed by atoms with Crippen molar-refractivity contribution < 1.29 is 14.4 Å². The van der Waals surface area contributed by atoms with Gasteiger partial charge in [-0.15, -0.1) is 0 Å². The lowest BCUT2D eigenvalue weighted by molar-refractivity contribution is -0.134. The Kier molecular flexibility index (Phi) is 3.95. The van der Waals surface area contributed by atoms with Crippen LogP contribution >= 0.6 is 0 Å². The van der Waals surface area contributed by atoms with Crippen LogP contribution in [0.2, 0.25) is 0 Å². The zero-order valence-electron chi connectivity index (χ0n) is 13.8. The number of ketones is 1. The predicted octanol–water partition coefficient (Wildman–Crippen LogP) is 1.99. The van der Waals surface area contributed by atoms with E-state index in [0.717, 1.165) is 29.9 Å². The van der Waals surface area contributed by atoms with Gasteiger partial charge in [-0.1, -0.05) is 18.2 Å². The van der Waals surface area contributed by atoms with Gasteiger partial charge in [0.1, 0.15) is 0 Å². The summed E-state index contributed by atoms with van der Waals surface area (Å²) in [5.41, 5.74) is 3.30. The molecule has 2 heterocycles. The number of benzene rings is 1. The normalized spacial score (nSPS) is 18.2. The molecular weight excluding hydrogens is 318 g/mol. The molecule has 6 heteroatoms. The van der Waals surface area contributed by atoms with Gasteiger partial charge in [-0.2, -0.15) is 5.10 Å². The smallest absolute Gasteiger partial charge is 0.226 e. The Balaban J connectivity index is 1.72. The van der Waals surface area contributed by atoms with Gasteiger partial charge in [0.25, 0.3) is 0 Å². The van der Waals surface area contributed by atoms with Gasteiger partial charge in [-0.05, 0) is 37.3 Å². The first kappa shape index (κ1) is 15.7. The van der Waals surface area contributed by atoms with E-state index in [1.54, 1.807) is 0 Å². The van der Waals surface area contributed by atoms with E-state index in [0.29, 0.717) is 31.2 Å². The highest BCUT2D eigenvalue weighted by Gasteiger charge is 2.31. The molecule has 128 valence electrons. The summed E-state index contributed by atoms with van der Waals surface area (Å²) in [7, 11) is 0. The third-order valence-corrected chi connectivity index (χ3v) is 4.86. The molecule has 4 rings (SSSR count). The van der Waals surface area contributed by atoms with Gasteiger partial charge in [0.15, 0.2) is 5.78 Å². The van der Waals surface area contributed by atoms with Crippen molar-refractivity contribution in [3.8, 4) is 5.69 Å². The number of rotatable bonds is 3. The molecule has 0 spiro atoms. The topological polar surface area (TPSA) is 81.1 Å². The lowest BCUT2D eigenvalue weighted by Gasteiger charge is -2.20. The summed E-state index contributed by atoms with van der Waals surface area (Å²) in [4.78, 5) is 35.8. The van der Waals surface area contributed by atoms with E-state index >= 15 is 0 Å². The number of aromatic nitrogens is 2. The number of Topliss-reactive ketones (excluding diaryl/α,β-unsaturated/α-hetero) is 1. The fraction of sp³-hybridized carbons (Fsp3) is 0.368. The minimum absolute atomic E-state index is 0.0980. The van der Waals surface area contributed by atoms with Gasteiger partial charge in [0.05, 0.1) is 22.6 Å². The lowest BCUT2D eigenvalue weighted by Crippen LogP contribution is -2.39. The number of fused-ring (bicyclic) bond motifs is 1. The number of para-hydroxylation sites is 1. The average Bonchev–Trinajstić information content (AvgIpc) is 2.94. The number of piperidine rings is 1. The van der Waals surface area contributed by atoms with Crippen molar-refractivity contribution in [1.82, 2.24) is 15.1 Å². The number of amides is 2. The van der Waals surface area contributed by atoms with Crippen LogP contribution in [-0.4, -0.2) is 27.4 Å². The van der Waals surface area contributed by atoms with Crippen LogP contribution in [0.25, 0.3) is 5.69 Å². The molecule has 2 amide bonds. The van der Waals surface area contributed by atoms with Crippen LogP contribution in [0.1, 0.15) is 47.4 Å². The van der Waals surface area contributed by atoms with Crippen LogP contribution in [0.3, 0.4) is 0 Å². The van der Waals surface area contributed by atoms with Gasteiger partial charge in [-0.25, -0.2) is 4.68 Å². The number of carbonyl (C=O) groups excluding carboxylic acids is 3. The summed E-state index contributed by atoms with van der Waals surface area (Å²) >= 11 is 0. The molecule has 1 fully saturated rings. The van der Waals surface area contributed by atoms with Crippen LogP contribution in [0, 0.1) is 5.92 Å². The number of imide groups is 1. The van der Waals surface area contributed by atoms with E-state index < -0.39 is 0 Å². The maximum Gasteiger partial charge on any atom is 0.226 e. The minimum atomic E-state index is -0.246. The standard InChI is InChI=1S/C19H19N3O3/c23-16-8-4-7-15-19(16)14(9-12-10-17(24)20-18(25)11-12)21-22(15)13-5-2-1-3-6-13/h1-3,5-6,12H,4,7-11H2,(H,20,24,25). The number of nitrogens with zero attached hydrogens (tertiary/aromatic N) is 2. The Hall–Kier alpha value is -2.76. The van der Waals surface area contributed by atoms with E-state index in [4.69, 9.17) is 5.10 Å². The van der Waals surface area contributed by atoms with Gasteiger partial charge >= 0.3 is 0 Å². The van der Waals surface area contributed by atoms with E-state index in [9.17, 15) is 14.4 Å². The Morgan fingerprint density at radius 1 is 1.04 bits per heavy atom. The summed E-state index contributed by atoms with van der Waals surface area (Å²) in [6.45, 7) is 0. The summed E-state index contributed by atoms with van der Waals surface area (Å²) < 4.78 is 1.85. The van der Waals surface area contributed by atoms with Crippen molar-refractivity contribution in [2.45, 2.75) is 38.5 Å². The molecule has 1 aromatic carbocycles. The molecule has 0 radical (unpaired) electrons. The number of carbonyl (C=O) groups is 3. The molecule has 0 bridgehead atoms. The molecule has 1 aromatic heterocycles. The Morgan fingerprint density at radius 3 is 2.48 bits per heavy atom. The van der Waals surface area contributed by atoms with Gasteiger partial charge in [0, 0.05) is 19.3 Å². The largest absolute Gasteiger partial charge is 0.296 e. The molecule has 1 aliphatic carbocycles.